The van der Waals surface area contributed by atoms with Gasteiger partial charge in [-0.05, 0) is 36.8 Å². The van der Waals surface area contributed by atoms with E-state index in [0.29, 0.717) is 24.1 Å². The van der Waals surface area contributed by atoms with Gasteiger partial charge in [-0.1, -0.05) is 18.2 Å². The number of amides is 2. The fourth-order valence-corrected chi connectivity index (χ4v) is 3.89. The van der Waals surface area contributed by atoms with Crippen molar-refractivity contribution in [3.63, 3.8) is 0 Å². The topological polar surface area (TPSA) is 50.3 Å². The van der Waals surface area contributed by atoms with Gasteiger partial charge < -0.3 is 0 Å². The van der Waals surface area contributed by atoms with Crippen LogP contribution < -0.4 is 0 Å². The van der Waals surface area contributed by atoms with Crippen molar-refractivity contribution < 1.29 is 9.59 Å². The van der Waals surface area contributed by atoms with Crippen LogP contribution in [0.5, 0.6) is 0 Å². The summed E-state index contributed by atoms with van der Waals surface area (Å²) < 4.78 is 1.14. The highest BCUT2D eigenvalue weighted by Crippen LogP contribution is 2.26. The Morgan fingerprint density at radius 2 is 1.74 bits per heavy atom. The summed E-state index contributed by atoms with van der Waals surface area (Å²) in [6, 6.07) is 13.1. The van der Waals surface area contributed by atoms with E-state index in [-0.39, 0.29) is 11.8 Å². The SMILES string of the molecule is Cc1ccc2nc(CCN3C(=O)c4ccccc4C3=O)sc2c1. The number of nitrogens with zero attached hydrogens (tertiary/aromatic N) is 2. The van der Waals surface area contributed by atoms with Crippen LogP contribution in [0.4, 0.5) is 0 Å². The van der Waals surface area contributed by atoms with Crippen LogP contribution in [0, 0.1) is 6.92 Å². The normalized spacial score (nSPS) is 13.9. The van der Waals surface area contributed by atoms with E-state index >= 15 is 0 Å². The number of carbonyl (C=O) groups excluding carboxylic acids is 2. The number of hydrogen-bond donors (Lipinski definition) is 0. The maximum atomic E-state index is 12.3. The third kappa shape index (κ3) is 2.33. The first-order valence-corrected chi connectivity index (χ1v) is 8.26. The fraction of sp³-hybridized carbons (Fsp3) is 0.167. The van der Waals surface area contributed by atoms with E-state index in [9.17, 15) is 9.59 Å². The smallest absolute Gasteiger partial charge is 0.261 e. The molecule has 114 valence electrons. The van der Waals surface area contributed by atoms with Gasteiger partial charge in [0.15, 0.2) is 0 Å². The lowest BCUT2D eigenvalue weighted by Gasteiger charge is -2.12. The summed E-state index contributed by atoms with van der Waals surface area (Å²) in [7, 11) is 0. The molecule has 0 fully saturated rings. The lowest BCUT2D eigenvalue weighted by atomic mass is 10.1. The Bertz CT molecular complexity index is 910. The lowest BCUT2D eigenvalue weighted by Crippen LogP contribution is -2.31. The third-order valence-corrected chi connectivity index (χ3v) is 5.09. The third-order valence-electron chi connectivity index (χ3n) is 4.02. The molecule has 23 heavy (non-hydrogen) atoms. The molecule has 1 aliphatic heterocycles. The number of carbonyl (C=O) groups is 2. The Morgan fingerprint density at radius 3 is 2.43 bits per heavy atom. The average molecular weight is 322 g/mol. The quantitative estimate of drug-likeness (QED) is 0.694. The van der Waals surface area contributed by atoms with Crippen LogP contribution in [0.3, 0.4) is 0 Å². The van der Waals surface area contributed by atoms with Gasteiger partial charge in [0.25, 0.3) is 11.8 Å². The summed E-state index contributed by atoms with van der Waals surface area (Å²) >= 11 is 1.62. The van der Waals surface area contributed by atoms with Gasteiger partial charge in [-0.15, -0.1) is 11.3 Å². The summed E-state index contributed by atoms with van der Waals surface area (Å²) in [5, 5.41) is 0.946. The monoisotopic (exact) mass is 322 g/mol. The predicted octanol–water partition coefficient (Wildman–Crippen LogP) is 3.44. The molecule has 0 radical (unpaired) electrons. The number of benzene rings is 2. The highest BCUT2D eigenvalue weighted by atomic mass is 32.1. The van der Waals surface area contributed by atoms with Crippen molar-refractivity contribution >= 4 is 33.4 Å². The van der Waals surface area contributed by atoms with E-state index in [1.807, 2.05) is 12.1 Å². The van der Waals surface area contributed by atoms with E-state index in [0.717, 1.165) is 15.2 Å². The van der Waals surface area contributed by atoms with Crippen molar-refractivity contribution in [2.75, 3.05) is 6.54 Å². The maximum absolute atomic E-state index is 12.3. The number of imide groups is 1. The van der Waals surface area contributed by atoms with Gasteiger partial charge in [-0.3, -0.25) is 14.5 Å². The van der Waals surface area contributed by atoms with Gasteiger partial charge in [-0.25, -0.2) is 4.98 Å². The van der Waals surface area contributed by atoms with E-state index < -0.39 is 0 Å². The fourth-order valence-electron chi connectivity index (χ4n) is 2.84. The van der Waals surface area contributed by atoms with Crippen molar-refractivity contribution in [3.05, 3.63) is 64.2 Å². The van der Waals surface area contributed by atoms with Crippen LogP contribution in [0.2, 0.25) is 0 Å². The van der Waals surface area contributed by atoms with Gasteiger partial charge in [0, 0.05) is 13.0 Å². The van der Waals surface area contributed by atoms with Gasteiger partial charge in [0.2, 0.25) is 0 Å². The Morgan fingerprint density at radius 1 is 1.04 bits per heavy atom. The number of fused-ring (bicyclic) bond motifs is 2. The molecule has 1 aliphatic rings. The Kier molecular flexibility index (Phi) is 3.23. The molecule has 0 bridgehead atoms. The maximum Gasteiger partial charge on any atom is 0.261 e. The van der Waals surface area contributed by atoms with E-state index in [4.69, 9.17) is 0 Å². The first-order chi connectivity index (χ1) is 11.1. The molecule has 0 saturated carbocycles. The van der Waals surface area contributed by atoms with Gasteiger partial charge >= 0.3 is 0 Å². The number of hydrogen-bond acceptors (Lipinski definition) is 4. The minimum absolute atomic E-state index is 0.206. The van der Waals surface area contributed by atoms with Crippen LogP contribution in [0.15, 0.2) is 42.5 Å². The molecule has 4 nitrogen and oxygen atoms in total. The molecule has 4 rings (SSSR count). The molecule has 0 aliphatic carbocycles. The predicted molar refractivity (Wildman–Crippen MR) is 89.9 cm³/mol. The molecule has 0 unspecified atom stereocenters. The molecular weight excluding hydrogens is 308 g/mol. The van der Waals surface area contributed by atoms with Gasteiger partial charge in [-0.2, -0.15) is 0 Å². The van der Waals surface area contributed by atoms with Gasteiger partial charge in [0.1, 0.15) is 0 Å². The Balaban J connectivity index is 1.55. The molecule has 1 aromatic heterocycles. The minimum atomic E-state index is -0.206. The van der Waals surface area contributed by atoms with Gasteiger partial charge in [0.05, 0.1) is 26.4 Å². The molecular formula is C18H14N2O2S. The van der Waals surface area contributed by atoms with E-state index in [1.165, 1.54) is 10.5 Å². The molecule has 0 N–H and O–H groups in total. The first-order valence-electron chi connectivity index (χ1n) is 7.45. The van der Waals surface area contributed by atoms with Crippen LogP contribution in [-0.2, 0) is 6.42 Å². The summed E-state index contributed by atoms with van der Waals surface area (Å²) in [5.41, 5.74) is 3.17. The molecule has 0 spiro atoms. The van der Waals surface area contributed by atoms with E-state index in [1.54, 1.807) is 35.6 Å². The molecule has 3 aromatic rings. The second-order valence-electron chi connectivity index (χ2n) is 5.64. The first kappa shape index (κ1) is 14.1. The Hall–Kier alpha value is -2.53. The zero-order chi connectivity index (χ0) is 16.0. The largest absolute Gasteiger partial charge is 0.274 e. The number of aryl methyl sites for hydroxylation is 1. The number of aromatic nitrogens is 1. The Labute approximate surface area is 137 Å². The van der Waals surface area contributed by atoms with Crippen molar-refractivity contribution in [3.8, 4) is 0 Å². The van der Waals surface area contributed by atoms with Crippen molar-refractivity contribution in [1.29, 1.82) is 0 Å². The summed E-state index contributed by atoms with van der Waals surface area (Å²) in [4.78, 5) is 30.6. The number of rotatable bonds is 3. The molecule has 2 amide bonds. The molecule has 0 saturated heterocycles. The highest BCUT2D eigenvalue weighted by Gasteiger charge is 2.34. The molecule has 2 heterocycles. The van der Waals surface area contributed by atoms with Crippen molar-refractivity contribution in [2.45, 2.75) is 13.3 Å². The summed E-state index contributed by atoms with van der Waals surface area (Å²) in [6.45, 7) is 2.42. The lowest BCUT2D eigenvalue weighted by molar-refractivity contribution is 0.0656. The van der Waals surface area contributed by atoms with Crippen LogP contribution in [-0.4, -0.2) is 28.2 Å². The van der Waals surface area contributed by atoms with E-state index in [2.05, 4.69) is 18.0 Å². The zero-order valence-corrected chi connectivity index (χ0v) is 13.4. The second-order valence-corrected chi connectivity index (χ2v) is 6.75. The standard InChI is InChI=1S/C18H14N2O2S/c1-11-6-7-14-15(10-11)23-16(19-14)8-9-20-17(21)12-4-2-3-5-13(12)18(20)22/h2-7,10H,8-9H2,1H3. The molecule has 0 atom stereocenters. The summed E-state index contributed by atoms with van der Waals surface area (Å²) in [6.07, 6.45) is 0.587. The van der Waals surface area contributed by atoms with Crippen LogP contribution >= 0.6 is 11.3 Å². The van der Waals surface area contributed by atoms with Crippen molar-refractivity contribution in [2.24, 2.45) is 0 Å². The highest BCUT2D eigenvalue weighted by molar-refractivity contribution is 7.18. The summed E-state index contributed by atoms with van der Waals surface area (Å²) in [5.74, 6) is -0.412. The van der Waals surface area contributed by atoms with Crippen LogP contribution in [0.1, 0.15) is 31.3 Å². The van der Waals surface area contributed by atoms with Crippen molar-refractivity contribution in [1.82, 2.24) is 9.88 Å². The second kappa shape index (κ2) is 5.28. The van der Waals surface area contributed by atoms with Crippen LogP contribution in [0.25, 0.3) is 10.2 Å². The number of thiazole rings is 1. The minimum Gasteiger partial charge on any atom is -0.274 e. The average Bonchev–Trinajstić information content (AvgIpc) is 3.06. The zero-order valence-electron chi connectivity index (χ0n) is 12.6. The molecule has 2 aromatic carbocycles. The molecule has 5 heteroatoms.